The number of anilines is 1. The van der Waals surface area contributed by atoms with E-state index in [1.807, 2.05) is 0 Å². The van der Waals surface area contributed by atoms with E-state index in [0.29, 0.717) is 0 Å². The molecule has 2 rings (SSSR count). The third-order valence-electron chi connectivity index (χ3n) is 2.94. The van der Waals surface area contributed by atoms with E-state index in [4.69, 9.17) is 0 Å². The molecule has 5 heteroatoms. The van der Waals surface area contributed by atoms with Gasteiger partial charge in [-0.05, 0) is 36.8 Å². The van der Waals surface area contributed by atoms with Gasteiger partial charge in [0.1, 0.15) is 23.6 Å². The second-order valence-electron chi connectivity index (χ2n) is 4.52. The zero-order chi connectivity index (χ0) is 14.7. The van der Waals surface area contributed by atoms with Crippen LogP contribution < -0.4 is 5.32 Å². The number of hydrogen-bond donors (Lipinski definition) is 2. The molecule has 2 aromatic rings. The van der Waals surface area contributed by atoms with E-state index in [0.717, 1.165) is 17.7 Å². The van der Waals surface area contributed by atoms with Crippen LogP contribution in [-0.4, -0.2) is 11.7 Å². The number of benzene rings is 2. The Kier molecular flexibility index (Phi) is 4.29. The summed E-state index contributed by atoms with van der Waals surface area (Å²) in [5.74, 6) is -2.15. The monoisotopic (exact) mass is 281 g/mol. The van der Waals surface area contributed by atoms with Crippen LogP contribution in [0, 0.1) is 24.4 Å². The van der Waals surface area contributed by atoms with Gasteiger partial charge in [0.15, 0.2) is 0 Å². The molecule has 0 saturated heterocycles. The highest BCUT2D eigenvalue weighted by atomic mass is 19.1. The largest absolute Gasteiger partial charge is 0.386 e. The fraction of sp³-hybridized carbons (Fsp3) is 0.200. The van der Waals surface area contributed by atoms with E-state index in [1.54, 1.807) is 19.1 Å². The van der Waals surface area contributed by atoms with Gasteiger partial charge >= 0.3 is 0 Å². The Bertz CT molecular complexity index is 596. The molecule has 0 bridgehead atoms. The van der Waals surface area contributed by atoms with E-state index in [-0.39, 0.29) is 12.2 Å². The molecule has 2 N–H and O–H groups in total. The molecular weight excluding hydrogens is 267 g/mol. The topological polar surface area (TPSA) is 32.3 Å². The first-order valence-corrected chi connectivity index (χ1v) is 6.11. The van der Waals surface area contributed by atoms with Gasteiger partial charge in [0, 0.05) is 6.54 Å². The van der Waals surface area contributed by atoms with Gasteiger partial charge in [0.05, 0.1) is 11.3 Å². The zero-order valence-electron chi connectivity index (χ0n) is 10.8. The Morgan fingerprint density at radius 3 is 2.35 bits per heavy atom. The summed E-state index contributed by atoms with van der Waals surface area (Å²) in [5, 5.41) is 12.5. The molecule has 2 nitrogen and oxygen atoms in total. The molecule has 106 valence electrons. The minimum atomic E-state index is -1.41. The SMILES string of the molecule is Cc1ccc(F)c(NCC(O)c2c(F)cccc2F)c1. The van der Waals surface area contributed by atoms with Crippen molar-refractivity contribution in [3.05, 3.63) is 65.0 Å². The van der Waals surface area contributed by atoms with Gasteiger partial charge in [-0.15, -0.1) is 0 Å². The summed E-state index contributed by atoms with van der Waals surface area (Å²) in [5.41, 5.74) is 0.592. The van der Waals surface area contributed by atoms with Gasteiger partial charge in [0.25, 0.3) is 0 Å². The average molecular weight is 281 g/mol. The molecule has 0 heterocycles. The summed E-state index contributed by atoms with van der Waals surface area (Å²) < 4.78 is 40.4. The number of halogens is 3. The number of aliphatic hydroxyl groups excluding tert-OH is 1. The molecule has 0 fully saturated rings. The number of aryl methyl sites for hydroxylation is 1. The van der Waals surface area contributed by atoms with E-state index < -0.39 is 29.1 Å². The summed E-state index contributed by atoms with van der Waals surface area (Å²) in [6, 6.07) is 7.79. The third-order valence-corrected chi connectivity index (χ3v) is 2.94. The third kappa shape index (κ3) is 3.11. The van der Waals surface area contributed by atoms with Crippen LogP contribution in [0.2, 0.25) is 0 Å². The Balaban J connectivity index is 2.13. The lowest BCUT2D eigenvalue weighted by atomic mass is 10.1. The minimum absolute atomic E-state index is 0.181. The summed E-state index contributed by atoms with van der Waals surface area (Å²) in [6.45, 7) is 1.59. The normalized spacial score (nSPS) is 12.2. The van der Waals surface area contributed by atoms with Gasteiger partial charge in [-0.1, -0.05) is 12.1 Å². The smallest absolute Gasteiger partial charge is 0.146 e. The lowest BCUT2D eigenvalue weighted by Gasteiger charge is -2.15. The predicted molar refractivity (Wildman–Crippen MR) is 70.9 cm³/mol. The number of hydrogen-bond acceptors (Lipinski definition) is 2. The maximum Gasteiger partial charge on any atom is 0.146 e. The first-order chi connectivity index (χ1) is 9.49. The van der Waals surface area contributed by atoms with Crippen molar-refractivity contribution in [3.8, 4) is 0 Å². The lowest BCUT2D eigenvalue weighted by Crippen LogP contribution is -2.15. The van der Waals surface area contributed by atoms with Crippen LogP contribution in [0.3, 0.4) is 0 Å². The van der Waals surface area contributed by atoms with Crippen LogP contribution >= 0.6 is 0 Å². The molecule has 1 atom stereocenters. The Labute approximate surface area is 114 Å². The van der Waals surface area contributed by atoms with Crippen LogP contribution in [0.15, 0.2) is 36.4 Å². The fourth-order valence-electron chi connectivity index (χ4n) is 1.91. The van der Waals surface area contributed by atoms with Crippen LogP contribution in [0.4, 0.5) is 18.9 Å². The highest BCUT2D eigenvalue weighted by molar-refractivity contribution is 5.47. The van der Waals surface area contributed by atoms with Crippen molar-refractivity contribution in [1.29, 1.82) is 0 Å². The average Bonchev–Trinajstić information content (AvgIpc) is 2.39. The molecule has 20 heavy (non-hydrogen) atoms. The molecule has 2 aromatic carbocycles. The summed E-state index contributed by atoms with van der Waals surface area (Å²) in [4.78, 5) is 0. The molecular formula is C15H14F3NO. The summed E-state index contributed by atoms with van der Waals surface area (Å²) >= 11 is 0. The van der Waals surface area contributed by atoms with E-state index in [2.05, 4.69) is 5.32 Å². The fourth-order valence-corrected chi connectivity index (χ4v) is 1.91. The van der Waals surface area contributed by atoms with E-state index >= 15 is 0 Å². The molecule has 0 spiro atoms. The van der Waals surface area contributed by atoms with E-state index in [1.165, 1.54) is 12.1 Å². The quantitative estimate of drug-likeness (QED) is 0.898. The second kappa shape index (κ2) is 5.96. The van der Waals surface area contributed by atoms with Crippen LogP contribution in [0.25, 0.3) is 0 Å². The number of rotatable bonds is 4. The van der Waals surface area contributed by atoms with Crippen LogP contribution in [-0.2, 0) is 0 Å². The molecule has 0 amide bonds. The highest BCUT2D eigenvalue weighted by Crippen LogP contribution is 2.22. The maximum absolute atomic E-state index is 13.5. The molecule has 0 aliphatic heterocycles. The lowest BCUT2D eigenvalue weighted by molar-refractivity contribution is 0.181. The van der Waals surface area contributed by atoms with Gasteiger partial charge in [0.2, 0.25) is 0 Å². The maximum atomic E-state index is 13.5. The standard InChI is InChI=1S/C15H14F3NO/c1-9-5-6-10(16)13(7-9)19-8-14(20)15-11(17)3-2-4-12(15)18/h2-7,14,19-20H,8H2,1H3. The molecule has 1 unspecified atom stereocenters. The van der Waals surface area contributed by atoms with Crippen LogP contribution in [0.5, 0.6) is 0 Å². The van der Waals surface area contributed by atoms with Gasteiger partial charge in [-0.25, -0.2) is 13.2 Å². The minimum Gasteiger partial charge on any atom is -0.386 e. The van der Waals surface area contributed by atoms with Crippen molar-refractivity contribution in [3.63, 3.8) is 0 Å². The zero-order valence-corrected chi connectivity index (χ0v) is 10.8. The van der Waals surface area contributed by atoms with Crippen molar-refractivity contribution in [1.82, 2.24) is 0 Å². The highest BCUT2D eigenvalue weighted by Gasteiger charge is 2.17. The van der Waals surface area contributed by atoms with E-state index in [9.17, 15) is 18.3 Å². The molecule has 0 saturated carbocycles. The van der Waals surface area contributed by atoms with Crippen molar-refractivity contribution in [2.45, 2.75) is 13.0 Å². The molecule has 0 radical (unpaired) electrons. The summed E-state index contributed by atoms with van der Waals surface area (Å²) in [7, 11) is 0. The van der Waals surface area contributed by atoms with Crippen molar-refractivity contribution < 1.29 is 18.3 Å². The Morgan fingerprint density at radius 1 is 1.05 bits per heavy atom. The van der Waals surface area contributed by atoms with Gasteiger partial charge in [-0.3, -0.25) is 0 Å². The molecule has 0 aliphatic carbocycles. The molecule has 0 aromatic heterocycles. The van der Waals surface area contributed by atoms with Crippen LogP contribution in [0.1, 0.15) is 17.2 Å². The van der Waals surface area contributed by atoms with Gasteiger partial charge in [-0.2, -0.15) is 0 Å². The second-order valence-corrected chi connectivity index (χ2v) is 4.52. The first-order valence-electron chi connectivity index (χ1n) is 6.11. The number of aliphatic hydroxyl groups is 1. The molecule has 0 aliphatic rings. The van der Waals surface area contributed by atoms with Gasteiger partial charge < -0.3 is 10.4 Å². The van der Waals surface area contributed by atoms with Crippen molar-refractivity contribution in [2.24, 2.45) is 0 Å². The first kappa shape index (κ1) is 14.4. The predicted octanol–water partition coefficient (Wildman–Crippen LogP) is 3.56. The Hall–Kier alpha value is -2.01. The summed E-state index contributed by atoms with van der Waals surface area (Å²) in [6.07, 6.45) is -1.41. The van der Waals surface area contributed by atoms with Crippen molar-refractivity contribution >= 4 is 5.69 Å². The Morgan fingerprint density at radius 2 is 1.70 bits per heavy atom. The van der Waals surface area contributed by atoms with Crippen molar-refractivity contribution in [2.75, 3.05) is 11.9 Å². The number of nitrogens with one attached hydrogen (secondary N) is 1.